The number of para-hydroxylation sites is 1. The Bertz CT molecular complexity index is 524. The molecule has 3 N–H and O–H groups in total. The average Bonchev–Trinajstić information content (AvgIpc) is 2.68. The van der Waals surface area contributed by atoms with E-state index in [4.69, 9.17) is 5.73 Å². The molecule has 0 radical (unpaired) electrons. The van der Waals surface area contributed by atoms with Crippen molar-refractivity contribution in [1.82, 2.24) is 5.16 Å². The minimum Gasteiger partial charge on any atom is -0.367 e. The predicted octanol–water partition coefficient (Wildman–Crippen LogP) is 1.65. The lowest BCUT2D eigenvalue weighted by molar-refractivity contribution is 0.102. The van der Waals surface area contributed by atoms with E-state index in [9.17, 15) is 9.18 Å². The molecule has 1 aromatic heterocycles. The van der Waals surface area contributed by atoms with Crippen LogP contribution < -0.4 is 11.1 Å². The van der Waals surface area contributed by atoms with Gasteiger partial charge < -0.3 is 15.6 Å². The van der Waals surface area contributed by atoms with Crippen molar-refractivity contribution >= 4 is 17.5 Å². The van der Waals surface area contributed by atoms with Gasteiger partial charge in [0.2, 0.25) is 5.88 Å². The van der Waals surface area contributed by atoms with E-state index in [2.05, 4.69) is 15.0 Å². The molecule has 0 unspecified atom stereocenters. The van der Waals surface area contributed by atoms with Crippen molar-refractivity contribution in [2.75, 3.05) is 11.1 Å². The zero-order valence-corrected chi connectivity index (χ0v) is 8.11. The van der Waals surface area contributed by atoms with Gasteiger partial charge in [-0.05, 0) is 12.1 Å². The number of anilines is 2. The first-order valence-electron chi connectivity index (χ1n) is 4.44. The molecule has 16 heavy (non-hydrogen) atoms. The maximum Gasteiger partial charge on any atom is 0.262 e. The molecule has 0 aliphatic carbocycles. The molecule has 0 spiro atoms. The van der Waals surface area contributed by atoms with Crippen LogP contribution in [0, 0.1) is 5.82 Å². The number of carbonyl (C=O) groups is 1. The fourth-order valence-electron chi connectivity index (χ4n) is 1.17. The second-order valence-corrected chi connectivity index (χ2v) is 3.04. The van der Waals surface area contributed by atoms with Crippen LogP contribution in [-0.4, -0.2) is 11.1 Å². The molecule has 1 amide bonds. The zero-order valence-electron chi connectivity index (χ0n) is 8.11. The number of nitrogens with one attached hydrogen (secondary N) is 1. The van der Waals surface area contributed by atoms with Crippen molar-refractivity contribution in [3.8, 4) is 0 Å². The Labute approximate surface area is 90.0 Å². The zero-order chi connectivity index (χ0) is 11.5. The number of rotatable bonds is 2. The first kappa shape index (κ1) is 10.2. The maximum atomic E-state index is 13.2. The minimum absolute atomic E-state index is 0.0725. The lowest BCUT2D eigenvalue weighted by atomic mass is 10.2. The summed E-state index contributed by atoms with van der Waals surface area (Å²) in [6.45, 7) is 0. The summed E-state index contributed by atoms with van der Waals surface area (Å²) in [4.78, 5) is 11.6. The molecule has 0 saturated carbocycles. The Balaban J connectivity index is 2.21. The van der Waals surface area contributed by atoms with Crippen LogP contribution >= 0.6 is 0 Å². The number of aromatic nitrogens is 1. The highest BCUT2D eigenvalue weighted by atomic mass is 19.1. The molecule has 5 nitrogen and oxygen atoms in total. The lowest BCUT2D eigenvalue weighted by Crippen LogP contribution is -2.13. The summed E-state index contributed by atoms with van der Waals surface area (Å²) in [6, 6.07) is 5.82. The average molecular weight is 221 g/mol. The normalized spacial score (nSPS) is 10.1. The number of hydrogen-bond donors (Lipinski definition) is 2. The van der Waals surface area contributed by atoms with Gasteiger partial charge in [-0.15, -0.1) is 0 Å². The smallest absolute Gasteiger partial charge is 0.262 e. The van der Waals surface area contributed by atoms with E-state index in [1.165, 1.54) is 24.4 Å². The Hall–Kier alpha value is -2.37. The summed E-state index contributed by atoms with van der Waals surface area (Å²) in [5.41, 5.74) is 5.50. The van der Waals surface area contributed by atoms with E-state index in [1.54, 1.807) is 6.07 Å². The summed E-state index contributed by atoms with van der Waals surface area (Å²) in [6.07, 6.45) is 1.17. The molecule has 1 aromatic carbocycles. The quantitative estimate of drug-likeness (QED) is 0.807. The van der Waals surface area contributed by atoms with E-state index in [0.29, 0.717) is 0 Å². The number of benzene rings is 1. The summed E-state index contributed by atoms with van der Waals surface area (Å²) < 4.78 is 17.7. The van der Waals surface area contributed by atoms with Gasteiger partial charge >= 0.3 is 0 Å². The first-order valence-corrected chi connectivity index (χ1v) is 4.44. The molecule has 82 valence electrons. The number of hydrogen-bond acceptors (Lipinski definition) is 4. The van der Waals surface area contributed by atoms with Crippen molar-refractivity contribution in [2.45, 2.75) is 0 Å². The molecular weight excluding hydrogens is 213 g/mol. The summed E-state index contributed by atoms with van der Waals surface area (Å²) in [5.74, 6) is -1.19. The van der Waals surface area contributed by atoms with E-state index < -0.39 is 11.7 Å². The van der Waals surface area contributed by atoms with Gasteiger partial charge in [0.25, 0.3) is 5.91 Å². The summed E-state index contributed by atoms with van der Waals surface area (Å²) in [5, 5.41) is 5.71. The van der Waals surface area contributed by atoms with Gasteiger partial charge in [-0.25, -0.2) is 4.39 Å². The standard InChI is InChI=1S/C10H8FN3O2/c11-7-3-1-2-4-8(7)14-10(15)6-5-13-16-9(6)12/h1-5H,12H2,(H,14,15). The van der Waals surface area contributed by atoms with Crippen molar-refractivity contribution in [3.63, 3.8) is 0 Å². The van der Waals surface area contributed by atoms with Gasteiger partial charge in [0.15, 0.2) is 0 Å². The molecule has 0 aliphatic rings. The number of nitrogens with zero attached hydrogens (tertiary/aromatic N) is 1. The molecule has 1 heterocycles. The predicted molar refractivity (Wildman–Crippen MR) is 55.3 cm³/mol. The molecular formula is C10H8FN3O2. The number of halogens is 1. The summed E-state index contributed by atoms with van der Waals surface area (Å²) in [7, 11) is 0. The van der Waals surface area contributed by atoms with E-state index in [-0.39, 0.29) is 17.1 Å². The molecule has 0 bridgehead atoms. The molecule has 0 saturated heterocycles. The van der Waals surface area contributed by atoms with Gasteiger partial charge in [0, 0.05) is 0 Å². The third kappa shape index (κ3) is 1.85. The van der Waals surface area contributed by atoms with Gasteiger partial charge in [-0.1, -0.05) is 17.3 Å². The van der Waals surface area contributed by atoms with Crippen molar-refractivity contribution in [3.05, 3.63) is 41.8 Å². The van der Waals surface area contributed by atoms with Crippen molar-refractivity contribution < 1.29 is 13.7 Å². The van der Waals surface area contributed by atoms with E-state index in [0.717, 1.165) is 0 Å². The van der Waals surface area contributed by atoms with Crippen LogP contribution in [0.1, 0.15) is 10.4 Å². The Morgan fingerprint density at radius 3 is 2.81 bits per heavy atom. The largest absolute Gasteiger partial charge is 0.367 e. The molecule has 2 rings (SSSR count). The Morgan fingerprint density at radius 1 is 1.44 bits per heavy atom. The molecule has 0 aliphatic heterocycles. The lowest BCUT2D eigenvalue weighted by Gasteiger charge is -2.04. The van der Waals surface area contributed by atoms with Crippen LogP contribution in [0.4, 0.5) is 16.0 Å². The topological polar surface area (TPSA) is 81.2 Å². The fourth-order valence-corrected chi connectivity index (χ4v) is 1.17. The van der Waals surface area contributed by atoms with Gasteiger partial charge in [-0.2, -0.15) is 0 Å². The van der Waals surface area contributed by atoms with Gasteiger partial charge in [0.1, 0.15) is 11.4 Å². The second kappa shape index (κ2) is 4.01. The van der Waals surface area contributed by atoms with Crippen LogP contribution in [0.15, 0.2) is 35.0 Å². The van der Waals surface area contributed by atoms with Crippen molar-refractivity contribution in [1.29, 1.82) is 0 Å². The summed E-state index contributed by atoms with van der Waals surface area (Å²) >= 11 is 0. The highest BCUT2D eigenvalue weighted by Gasteiger charge is 2.14. The second-order valence-electron chi connectivity index (χ2n) is 3.04. The van der Waals surface area contributed by atoms with Gasteiger partial charge in [-0.3, -0.25) is 4.79 Å². The monoisotopic (exact) mass is 221 g/mol. The molecule has 0 fully saturated rings. The van der Waals surface area contributed by atoms with Crippen LogP contribution in [0.5, 0.6) is 0 Å². The number of amides is 1. The number of nitrogens with two attached hydrogens (primary N) is 1. The first-order chi connectivity index (χ1) is 7.68. The molecule has 6 heteroatoms. The Morgan fingerprint density at radius 2 is 2.19 bits per heavy atom. The maximum absolute atomic E-state index is 13.2. The third-order valence-corrected chi connectivity index (χ3v) is 1.96. The van der Waals surface area contributed by atoms with E-state index in [1.807, 2.05) is 0 Å². The van der Waals surface area contributed by atoms with E-state index >= 15 is 0 Å². The van der Waals surface area contributed by atoms with Crippen LogP contribution in [0.2, 0.25) is 0 Å². The molecule has 2 aromatic rings. The third-order valence-electron chi connectivity index (χ3n) is 1.96. The number of nitrogen functional groups attached to an aromatic ring is 1. The van der Waals surface area contributed by atoms with Crippen LogP contribution in [0.25, 0.3) is 0 Å². The Kier molecular flexibility index (Phi) is 2.55. The highest BCUT2D eigenvalue weighted by Crippen LogP contribution is 2.16. The minimum atomic E-state index is -0.566. The van der Waals surface area contributed by atoms with Gasteiger partial charge in [0.05, 0.1) is 11.9 Å². The highest BCUT2D eigenvalue weighted by molar-refractivity contribution is 6.06. The van der Waals surface area contributed by atoms with Crippen LogP contribution in [0.3, 0.4) is 0 Å². The fraction of sp³-hybridized carbons (Fsp3) is 0. The number of carbonyl (C=O) groups excluding carboxylic acids is 1. The van der Waals surface area contributed by atoms with Crippen molar-refractivity contribution in [2.24, 2.45) is 0 Å². The van der Waals surface area contributed by atoms with Crippen LogP contribution in [-0.2, 0) is 0 Å². The molecule has 0 atom stereocenters. The SMILES string of the molecule is Nc1oncc1C(=O)Nc1ccccc1F.